The van der Waals surface area contributed by atoms with Gasteiger partial charge in [0.2, 0.25) is 9.04 Å². The van der Waals surface area contributed by atoms with Crippen molar-refractivity contribution in [3.05, 3.63) is 71.8 Å². The van der Waals surface area contributed by atoms with Gasteiger partial charge in [0.1, 0.15) is 6.29 Å². The summed E-state index contributed by atoms with van der Waals surface area (Å²) in [6.07, 6.45) is 0.253. The lowest BCUT2D eigenvalue weighted by Gasteiger charge is -2.30. The molecule has 0 aliphatic carbocycles. The van der Waals surface area contributed by atoms with E-state index in [1.165, 1.54) is 0 Å². The van der Waals surface area contributed by atoms with Crippen molar-refractivity contribution < 1.29 is 19.4 Å². The number of hydrogen-bond donors (Lipinski definition) is 2. The molecule has 3 atom stereocenters. The van der Waals surface area contributed by atoms with Crippen molar-refractivity contribution in [2.45, 2.75) is 38.0 Å². The molecule has 130 valence electrons. The molecule has 2 aromatic carbocycles. The van der Waals surface area contributed by atoms with Gasteiger partial charge in [0.05, 0.1) is 11.5 Å². The van der Waals surface area contributed by atoms with Gasteiger partial charge in [0, 0.05) is 6.61 Å². The summed E-state index contributed by atoms with van der Waals surface area (Å²) in [7, 11) is -2.50. The zero-order valence-corrected chi connectivity index (χ0v) is 15.4. The van der Waals surface area contributed by atoms with Crippen LogP contribution >= 0.6 is 0 Å². The molecule has 0 bridgehead atoms. The minimum atomic E-state index is -2.50. The van der Waals surface area contributed by atoms with Gasteiger partial charge >= 0.3 is 0 Å². The quantitative estimate of drug-likeness (QED) is 0.541. The second-order valence-corrected chi connectivity index (χ2v) is 8.07. The predicted molar refractivity (Wildman–Crippen MR) is 96.7 cm³/mol. The molecule has 0 saturated heterocycles. The van der Waals surface area contributed by atoms with E-state index in [4.69, 9.17) is 9.16 Å². The van der Waals surface area contributed by atoms with E-state index in [1.807, 2.05) is 74.5 Å². The Hall–Kier alpha value is -1.50. The minimum absolute atomic E-state index is 0.414. The van der Waals surface area contributed by atoms with Crippen LogP contribution in [0.2, 0.25) is 0 Å². The molecule has 0 aliphatic rings. The number of aliphatic hydroxyl groups excluding tert-OH is 2. The Bertz CT molecular complexity index is 533. The molecule has 0 aromatic heterocycles. The summed E-state index contributed by atoms with van der Waals surface area (Å²) in [6, 6.07) is 18.7. The molecule has 2 rings (SSSR count). The lowest BCUT2D eigenvalue weighted by atomic mass is 10.2. The van der Waals surface area contributed by atoms with Gasteiger partial charge < -0.3 is 19.4 Å². The highest BCUT2D eigenvalue weighted by molar-refractivity contribution is 6.54. The Labute approximate surface area is 145 Å². The average Bonchev–Trinajstić information content (AvgIpc) is 2.65. The maximum Gasteiger partial charge on any atom is 0.245 e. The lowest BCUT2D eigenvalue weighted by Crippen LogP contribution is -2.39. The van der Waals surface area contributed by atoms with Gasteiger partial charge in [-0.1, -0.05) is 67.6 Å². The van der Waals surface area contributed by atoms with Gasteiger partial charge in [-0.25, -0.2) is 0 Å². The first-order chi connectivity index (χ1) is 11.7. The topological polar surface area (TPSA) is 58.9 Å². The van der Waals surface area contributed by atoms with Gasteiger partial charge in [0.25, 0.3) is 0 Å². The van der Waals surface area contributed by atoms with Gasteiger partial charge in [0.15, 0.2) is 0 Å². The molecule has 0 heterocycles. The van der Waals surface area contributed by atoms with Gasteiger partial charge in [-0.2, -0.15) is 0 Å². The molecule has 0 radical (unpaired) electrons. The van der Waals surface area contributed by atoms with E-state index in [-0.39, 0.29) is 0 Å². The molecule has 3 unspecified atom stereocenters. The maximum absolute atomic E-state index is 10.8. The van der Waals surface area contributed by atoms with E-state index in [9.17, 15) is 10.2 Å². The maximum atomic E-state index is 10.8. The summed E-state index contributed by atoms with van der Waals surface area (Å²) in [5, 5.41) is 21.7. The lowest BCUT2D eigenvalue weighted by molar-refractivity contribution is -0.0885. The van der Waals surface area contributed by atoms with Gasteiger partial charge in [-0.3, -0.25) is 0 Å². The van der Waals surface area contributed by atoms with E-state index in [1.54, 1.807) is 0 Å². The van der Waals surface area contributed by atoms with Crippen LogP contribution < -0.4 is 0 Å². The average molecular weight is 346 g/mol. The highest BCUT2D eigenvalue weighted by atomic mass is 28.3. The summed E-state index contributed by atoms with van der Waals surface area (Å²) < 4.78 is 11.7. The SMILES string of the molecule is CCOC(CC)O[SiH](C(O)c1ccccc1)C(O)c1ccccc1. The van der Waals surface area contributed by atoms with Gasteiger partial charge in [-0.05, 0) is 24.5 Å². The third-order valence-electron chi connectivity index (χ3n) is 3.90. The molecule has 0 spiro atoms. The molecule has 4 nitrogen and oxygen atoms in total. The zero-order valence-electron chi connectivity index (χ0n) is 14.2. The van der Waals surface area contributed by atoms with Crippen molar-refractivity contribution in [2.75, 3.05) is 6.61 Å². The first-order valence-electron chi connectivity index (χ1n) is 8.40. The fraction of sp³-hybridized carbons (Fsp3) is 0.368. The fourth-order valence-corrected chi connectivity index (χ4v) is 5.08. The van der Waals surface area contributed by atoms with Crippen LogP contribution in [0.4, 0.5) is 0 Å². The minimum Gasteiger partial charge on any atom is -0.390 e. The van der Waals surface area contributed by atoms with Crippen LogP contribution in [0.15, 0.2) is 60.7 Å². The van der Waals surface area contributed by atoms with Crippen LogP contribution in [-0.4, -0.2) is 32.2 Å². The highest BCUT2D eigenvalue weighted by Crippen LogP contribution is 2.28. The first kappa shape index (κ1) is 18.8. The van der Waals surface area contributed by atoms with Crippen molar-refractivity contribution in [1.29, 1.82) is 0 Å². The molecular weight excluding hydrogens is 320 g/mol. The highest BCUT2D eigenvalue weighted by Gasteiger charge is 2.34. The van der Waals surface area contributed by atoms with E-state index >= 15 is 0 Å². The van der Waals surface area contributed by atoms with E-state index in [0.717, 1.165) is 11.1 Å². The number of ether oxygens (including phenoxy) is 1. The van der Waals surface area contributed by atoms with Crippen LogP contribution in [0.3, 0.4) is 0 Å². The summed E-state index contributed by atoms with van der Waals surface area (Å²) in [6.45, 7) is 4.40. The third-order valence-corrected chi connectivity index (χ3v) is 6.53. The number of benzene rings is 2. The molecule has 2 N–H and O–H groups in total. The van der Waals surface area contributed by atoms with Crippen LogP contribution in [0, 0.1) is 0 Å². The summed E-state index contributed by atoms with van der Waals surface area (Å²) in [5.41, 5.74) is -0.127. The zero-order chi connectivity index (χ0) is 17.4. The summed E-state index contributed by atoms with van der Waals surface area (Å²) in [4.78, 5) is 0. The predicted octanol–water partition coefficient (Wildman–Crippen LogP) is 3.05. The standard InChI is InChI=1S/C19H26O4Si/c1-3-17(22-4-2)23-24(18(20)15-11-7-5-8-12-15)19(21)16-13-9-6-10-14-16/h5-14,17-21,24H,3-4H2,1-2H3. The van der Waals surface area contributed by atoms with Crippen molar-refractivity contribution >= 4 is 9.04 Å². The van der Waals surface area contributed by atoms with Crippen LogP contribution in [0.25, 0.3) is 0 Å². The Balaban J connectivity index is 2.26. The number of rotatable bonds is 9. The van der Waals surface area contributed by atoms with Gasteiger partial charge in [-0.15, -0.1) is 0 Å². The molecule has 0 amide bonds. The largest absolute Gasteiger partial charge is 0.390 e. The van der Waals surface area contributed by atoms with Crippen molar-refractivity contribution in [1.82, 2.24) is 0 Å². The number of aliphatic hydroxyl groups is 2. The number of hydrogen-bond acceptors (Lipinski definition) is 4. The molecular formula is C19H26O4Si. The molecule has 2 aromatic rings. The molecule has 5 heteroatoms. The first-order valence-corrected chi connectivity index (χ1v) is 10.2. The molecule has 24 heavy (non-hydrogen) atoms. The summed E-state index contributed by atoms with van der Waals surface area (Å²) >= 11 is 0. The second-order valence-electron chi connectivity index (χ2n) is 5.60. The van der Waals surface area contributed by atoms with E-state index < -0.39 is 26.8 Å². The second kappa shape index (κ2) is 9.71. The molecule has 0 saturated carbocycles. The monoisotopic (exact) mass is 346 g/mol. The third kappa shape index (κ3) is 4.99. The van der Waals surface area contributed by atoms with Crippen LogP contribution in [-0.2, 0) is 9.16 Å². The van der Waals surface area contributed by atoms with Crippen molar-refractivity contribution in [2.24, 2.45) is 0 Å². The Morgan fingerprint density at radius 1 is 0.833 bits per heavy atom. The fourth-order valence-electron chi connectivity index (χ4n) is 2.62. The Morgan fingerprint density at radius 3 is 1.67 bits per heavy atom. The van der Waals surface area contributed by atoms with Crippen molar-refractivity contribution in [3.8, 4) is 0 Å². The van der Waals surface area contributed by atoms with E-state index in [0.29, 0.717) is 13.0 Å². The Morgan fingerprint density at radius 2 is 1.29 bits per heavy atom. The molecule has 0 aliphatic heterocycles. The smallest absolute Gasteiger partial charge is 0.245 e. The Kier molecular flexibility index (Phi) is 7.62. The van der Waals surface area contributed by atoms with Crippen molar-refractivity contribution in [3.63, 3.8) is 0 Å². The molecule has 0 fully saturated rings. The van der Waals surface area contributed by atoms with E-state index in [2.05, 4.69) is 0 Å². The van der Waals surface area contributed by atoms with Crippen LogP contribution in [0.1, 0.15) is 42.8 Å². The van der Waals surface area contributed by atoms with Crippen LogP contribution in [0.5, 0.6) is 0 Å². The normalized spacial score (nSPS) is 16.3. The summed E-state index contributed by atoms with van der Waals surface area (Å²) in [5.74, 6) is 0.